The number of para-hydroxylation sites is 3. The third kappa shape index (κ3) is 8.58. The standard InChI is InChI=1S/C57H48N4/c1-43-16-13-25-55(40-43)59(46-19-7-4-8-20-46)52-34-28-49(29-35-52)58(50-30-36-53(37-31-50)60(47-21-9-5-10-22-47)56-26-14-17-44(2)41-56)51-32-38-54(39-33-51)61(48-23-11-6-12-24-48)57-27-15-18-45(3)42-57/h4-42H,1-3H3/q+1. The van der Waals surface area contributed by atoms with Crippen LogP contribution in [0.4, 0.5) is 68.2 Å². The van der Waals surface area contributed by atoms with E-state index in [1.807, 2.05) is 0 Å². The zero-order valence-electron chi connectivity index (χ0n) is 34.8. The lowest BCUT2D eigenvalue weighted by Gasteiger charge is -2.26. The van der Waals surface area contributed by atoms with Crippen LogP contribution in [0.5, 0.6) is 0 Å². The van der Waals surface area contributed by atoms with Crippen molar-refractivity contribution >= 4 is 68.2 Å². The third-order valence-electron chi connectivity index (χ3n) is 10.9. The van der Waals surface area contributed by atoms with E-state index in [-0.39, 0.29) is 0 Å². The number of hydrogen-bond donors (Lipinski definition) is 0. The van der Waals surface area contributed by atoms with Gasteiger partial charge in [-0.25, -0.2) is 0 Å². The molecule has 61 heavy (non-hydrogen) atoms. The van der Waals surface area contributed by atoms with Crippen molar-refractivity contribution in [1.82, 2.24) is 4.90 Å². The molecular formula is C57H48N4+. The molecule has 0 saturated heterocycles. The van der Waals surface area contributed by atoms with E-state index in [9.17, 15) is 0 Å². The molecule has 0 heterocycles. The highest BCUT2D eigenvalue weighted by Crippen LogP contribution is 2.42. The van der Waals surface area contributed by atoms with Crippen molar-refractivity contribution in [2.45, 2.75) is 20.8 Å². The zero-order valence-corrected chi connectivity index (χ0v) is 34.8. The highest BCUT2D eigenvalue weighted by molar-refractivity contribution is 5.82. The molecule has 4 nitrogen and oxygen atoms in total. The first-order valence-electron chi connectivity index (χ1n) is 20.8. The summed E-state index contributed by atoms with van der Waals surface area (Å²) in [6.45, 7) is 6.43. The molecule has 9 aromatic carbocycles. The van der Waals surface area contributed by atoms with Gasteiger partial charge in [0.05, 0.1) is 0 Å². The summed E-state index contributed by atoms with van der Waals surface area (Å²) >= 11 is 0. The van der Waals surface area contributed by atoms with Gasteiger partial charge in [0, 0.05) is 87.6 Å². The molecule has 0 spiro atoms. The van der Waals surface area contributed by atoms with Crippen LogP contribution in [0.3, 0.4) is 0 Å². The van der Waals surface area contributed by atoms with Gasteiger partial charge >= 0.3 is 0 Å². The second-order valence-corrected chi connectivity index (χ2v) is 15.4. The van der Waals surface area contributed by atoms with Crippen LogP contribution in [0, 0.1) is 20.8 Å². The van der Waals surface area contributed by atoms with Crippen molar-refractivity contribution in [3.8, 4) is 0 Å². The fourth-order valence-electron chi connectivity index (χ4n) is 8.07. The Labute approximate surface area is 360 Å². The molecule has 9 rings (SSSR count). The summed E-state index contributed by atoms with van der Waals surface area (Å²) in [5.74, 6) is 0. The molecule has 0 atom stereocenters. The lowest BCUT2D eigenvalue weighted by atomic mass is 10.1. The molecule has 1 radical (unpaired) electrons. The summed E-state index contributed by atoms with van der Waals surface area (Å²) in [7, 11) is 0. The van der Waals surface area contributed by atoms with E-state index in [0.717, 1.165) is 68.2 Å². The predicted octanol–water partition coefficient (Wildman–Crippen LogP) is 16.5. The van der Waals surface area contributed by atoms with Crippen LogP contribution >= 0.6 is 0 Å². The monoisotopic (exact) mass is 788 g/mol. The molecule has 0 saturated carbocycles. The maximum absolute atomic E-state index is 2.34. The lowest BCUT2D eigenvalue weighted by molar-refractivity contribution is 0.930. The van der Waals surface area contributed by atoms with Crippen molar-refractivity contribution in [2.24, 2.45) is 0 Å². The summed E-state index contributed by atoms with van der Waals surface area (Å²) < 4.78 is 0. The molecule has 9 aromatic rings. The van der Waals surface area contributed by atoms with Crippen molar-refractivity contribution in [1.29, 1.82) is 0 Å². The van der Waals surface area contributed by atoms with Gasteiger partial charge in [0.25, 0.3) is 0 Å². The van der Waals surface area contributed by atoms with E-state index in [4.69, 9.17) is 0 Å². The Balaban J connectivity index is 1.14. The van der Waals surface area contributed by atoms with Crippen LogP contribution in [-0.4, -0.2) is 0 Å². The van der Waals surface area contributed by atoms with E-state index < -0.39 is 0 Å². The number of nitrogens with zero attached hydrogens (tertiary/aromatic N) is 4. The van der Waals surface area contributed by atoms with E-state index in [0.29, 0.717) is 0 Å². The molecule has 0 amide bonds. The number of hydrogen-bond acceptors (Lipinski definition) is 4. The zero-order chi connectivity index (χ0) is 41.5. The minimum Gasteiger partial charge on any atom is -0.310 e. The van der Waals surface area contributed by atoms with Gasteiger partial charge in [0.15, 0.2) is 17.1 Å². The first-order valence-corrected chi connectivity index (χ1v) is 20.8. The van der Waals surface area contributed by atoms with Crippen LogP contribution in [0.25, 0.3) is 0 Å². The van der Waals surface area contributed by atoms with Gasteiger partial charge < -0.3 is 14.7 Å². The molecule has 0 aliphatic heterocycles. The van der Waals surface area contributed by atoms with E-state index in [1.54, 1.807) is 0 Å². The Morgan fingerprint density at radius 3 is 0.705 bits per heavy atom. The Bertz CT molecular complexity index is 2510. The molecule has 0 aliphatic carbocycles. The lowest BCUT2D eigenvalue weighted by Crippen LogP contribution is -2.14. The summed E-state index contributed by atoms with van der Waals surface area (Å²) in [6, 6.07) is 84.5. The van der Waals surface area contributed by atoms with Gasteiger partial charge in [-0.2, -0.15) is 0 Å². The fourth-order valence-corrected chi connectivity index (χ4v) is 8.07. The van der Waals surface area contributed by atoms with E-state index in [1.165, 1.54) is 16.7 Å². The minimum atomic E-state index is 1.05. The molecule has 0 unspecified atom stereocenters. The Morgan fingerprint density at radius 1 is 0.230 bits per heavy atom. The Morgan fingerprint density at radius 2 is 0.459 bits per heavy atom. The summed E-state index contributed by atoms with van der Waals surface area (Å²) in [5.41, 5.74) is 16.7. The van der Waals surface area contributed by atoms with Crippen LogP contribution in [0.15, 0.2) is 237 Å². The van der Waals surface area contributed by atoms with Crippen molar-refractivity contribution < 1.29 is 0 Å². The average molecular weight is 789 g/mol. The minimum absolute atomic E-state index is 1.05. The Hall–Kier alpha value is -7.66. The van der Waals surface area contributed by atoms with E-state index >= 15 is 0 Å². The summed E-state index contributed by atoms with van der Waals surface area (Å²) in [5, 5.41) is 0. The normalized spacial score (nSPS) is 11.0. The maximum atomic E-state index is 2.34. The maximum Gasteiger partial charge on any atom is 0.192 e. The van der Waals surface area contributed by atoms with Crippen molar-refractivity contribution in [3.05, 3.63) is 253 Å². The van der Waals surface area contributed by atoms with Crippen LogP contribution in [0.2, 0.25) is 0 Å². The van der Waals surface area contributed by atoms with Gasteiger partial charge in [-0.15, -0.1) is 0 Å². The molecule has 0 aromatic heterocycles. The highest BCUT2D eigenvalue weighted by atomic mass is 15.2. The van der Waals surface area contributed by atoms with Crippen LogP contribution in [0.1, 0.15) is 16.7 Å². The Kier molecular flexibility index (Phi) is 11.3. The first-order chi connectivity index (χ1) is 30.0. The predicted molar refractivity (Wildman–Crippen MR) is 259 cm³/mol. The van der Waals surface area contributed by atoms with Crippen LogP contribution in [-0.2, 0) is 0 Å². The number of anilines is 12. The quantitative estimate of drug-likeness (QED) is 0.115. The van der Waals surface area contributed by atoms with Gasteiger partial charge in [-0.3, -0.25) is 0 Å². The highest BCUT2D eigenvalue weighted by Gasteiger charge is 2.28. The fraction of sp³-hybridized carbons (Fsp3) is 0.0526. The largest absolute Gasteiger partial charge is 0.310 e. The second-order valence-electron chi connectivity index (χ2n) is 15.4. The van der Waals surface area contributed by atoms with Crippen molar-refractivity contribution in [2.75, 3.05) is 14.7 Å². The number of rotatable bonds is 12. The second kappa shape index (κ2) is 17.7. The van der Waals surface area contributed by atoms with Gasteiger partial charge in [0.1, 0.15) is 0 Å². The molecular weight excluding hydrogens is 741 g/mol. The third-order valence-corrected chi connectivity index (χ3v) is 10.9. The number of aryl methyl sites for hydroxylation is 3. The molecule has 0 N–H and O–H groups in total. The summed E-state index contributed by atoms with van der Waals surface area (Å²) in [6.07, 6.45) is 0. The van der Waals surface area contributed by atoms with E-state index in [2.05, 4.69) is 277 Å². The first kappa shape index (κ1) is 38.8. The molecule has 4 heteroatoms. The topological polar surface area (TPSA) is 15.6 Å². The average Bonchev–Trinajstić information content (AvgIpc) is 3.30. The van der Waals surface area contributed by atoms with Gasteiger partial charge in [0.2, 0.25) is 0 Å². The SMILES string of the molecule is Cc1cccc(N(c2ccccc2)c2ccc([N+](c3ccc(N(c4ccccc4)c4cccc(C)c4)cc3)c3ccc(N(c4ccccc4)c4cccc(C)c4)cc3)cc2)c1. The molecule has 0 aliphatic rings. The number of benzene rings is 9. The van der Waals surface area contributed by atoms with Gasteiger partial charge in [-0.1, -0.05) is 95.9 Å². The van der Waals surface area contributed by atoms with Crippen molar-refractivity contribution in [3.63, 3.8) is 0 Å². The molecule has 295 valence electrons. The smallest absolute Gasteiger partial charge is 0.192 e. The summed E-state index contributed by atoms with van der Waals surface area (Å²) in [4.78, 5) is 9.29. The molecule has 0 bridgehead atoms. The van der Waals surface area contributed by atoms with Crippen LogP contribution < -0.4 is 19.6 Å². The van der Waals surface area contributed by atoms with Gasteiger partial charge in [-0.05, 0) is 147 Å². The molecule has 0 fully saturated rings.